The predicted molar refractivity (Wildman–Crippen MR) is 85.0 cm³/mol. The lowest BCUT2D eigenvalue weighted by Gasteiger charge is -2.35. The second-order valence-electron chi connectivity index (χ2n) is 5.48. The zero-order valence-corrected chi connectivity index (χ0v) is 13.4. The average Bonchev–Trinajstić information content (AvgIpc) is 2.38. The summed E-state index contributed by atoms with van der Waals surface area (Å²) in [5.74, 6) is -0.463. The Morgan fingerprint density at radius 3 is 2.35 bits per heavy atom. The first-order chi connectivity index (χ1) is 9.40. The van der Waals surface area contributed by atoms with E-state index in [0.29, 0.717) is 17.0 Å². The molecule has 1 N–H and O–H groups in total. The molecule has 0 radical (unpaired) electrons. The molecule has 1 aromatic rings. The molecule has 1 rings (SSSR count). The molecule has 0 aromatic heterocycles. The summed E-state index contributed by atoms with van der Waals surface area (Å²) in [6.45, 7) is 9.40. The zero-order valence-electron chi connectivity index (χ0n) is 12.7. The smallest absolute Gasteiger partial charge is 0.337 e. The van der Waals surface area contributed by atoms with Crippen molar-refractivity contribution in [1.82, 2.24) is 0 Å². The fourth-order valence-electron chi connectivity index (χ4n) is 2.50. The van der Waals surface area contributed by atoms with E-state index in [1.165, 1.54) is 6.07 Å². The summed E-state index contributed by atoms with van der Waals surface area (Å²) in [6, 6.07) is 5.47. The van der Waals surface area contributed by atoms with Crippen molar-refractivity contribution in [3.63, 3.8) is 0 Å². The van der Waals surface area contributed by atoms with Crippen LogP contribution in [0.25, 0.3) is 0 Å². The molecule has 0 spiro atoms. The molecular weight excluding hydrogens is 274 g/mol. The summed E-state index contributed by atoms with van der Waals surface area (Å²) in [4.78, 5) is 13.7. The van der Waals surface area contributed by atoms with Gasteiger partial charge in [0.1, 0.15) is 0 Å². The van der Waals surface area contributed by atoms with Crippen LogP contribution in [-0.4, -0.2) is 23.7 Å². The molecule has 1 aromatic carbocycles. The van der Waals surface area contributed by atoms with Gasteiger partial charge in [0.2, 0.25) is 0 Å². The zero-order chi connectivity index (χ0) is 15.3. The lowest BCUT2D eigenvalue weighted by atomic mass is 10.0. The summed E-state index contributed by atoms with van der Waals surface area (Å²) in [5.41, 5.74) is 1.05. The van der Waals surface area contributed by atoms with Gasteiger partial charge in [0, 0.05) is 17.6 Å². The number of aromatic carboxylic acids is 1. The number of halogens is 1. The van der Waals surface area contributed by atoms with Gasteiger partial charge in [-0.1, -0.05) is 39.3 Å². The van der Waals surface area contributed by atoms with E-state index in [4.69, 9.17) is 11.6 Å². The van der Waals surface area contributed by atoms with Gasteiger partial charge in [0.15, 0.2) is 0 Å². The molecule has 0 amide bonds. The Balaban J connectivity index is 3.28. The normalized spacial score (nSPS) is 11.2. The van der Waals surface area contributed by atoms with E-state index in [-0.39, 0.29) is 5.56 Å². The maximum Gasteiger partial charge on any atom is 0.337 e. The molecule has 0 aliphatic heterocycles. The SMILES string of the molecule is CCC(CC)N(CC(C)C)c1ccc(Cl)cc1C(=O)O. The van der Waals surface area contributed by atoms with Crippen molar-refractivity contribution in [2.24, 2.45) is 5.92 Å². The van der Waals surface area contributed by atoms with Crippen LogP contribution in [0.5, 0.6) is 0 Å². The van der Waals surface area contributed by atoms with Gasteiger partial charge in [0.05, 0.1) is 11.3 Å². The van der Waals surface area contributed by atoms with E-state index < -0.39 is 5.97 Å². The molecule has 0 aliphatic carbocycles. The Morgan fingerprint density at radius 2 is 1.90 bits per heavy atom. The van der Waals surface area contributed by atoms with Crippen LogP contribution in [0.4, 0.5) is 5.69 Å². The Bertz CT molecular complexity index is 456. The maximum absolute atomic E-state index is 11.5. The minimum absolute atomic E-state index is 0.282. The molecule has 0 saturated heterocycles. The number of hydrogen-bond donors (Lipinski definition) is 1. The fraction of sp³-hybridized carbons (Fsp3) is 0.562. The van der Waals surface area contributed by atoms with E-state index in [9.17, 15) is 9.90 Å². The molecule has 4 heteroatoms. The Morgan fingerprint density at radius 1 is 1.30 bits per heavy atom. The summed E-state index contributed by atoms with van der Waals surface area (Å²) in [6.07, 6.45) is 1.98. The minimum Gasteiger partial charge on any atom is -0.478 e. The topological polar surface area (TPSA) is 40.5 Å². The van der Waals surface area contributed by atoms with Crippen LogP contribution in [0.15, 0.2) is 18.2 Å². The molecule has 0 unspecified atom stereocenters. The van der Waals surface area contributed by atoms with Crippen LogP contribution in [0.3, 0.4) is 0 Å². The highest BCUT2D eigenvalue weighted by Crippen LogP contribution is 2.28. The average molecular weight is 298 g/mol. The third-order valence-corrected chi connectivity index (χ3v) is 3.68. The highest BCUT2D eigenvalue weighted by Gasteiger charge is 2.22. The van der Waals surface area contributed by atoms with Crippen molar-refractivity contribution in [2.75, 3.05) is 11.4 Å². The first-order valence-electron chi connectivity index (χ1n) is 7.20. The standard InChI is InChI=1S/C16H24ClNO2/c1-5-13(6-2)18(10-11(3)4)15-8-7-12(17)9-14(15)16(19)20/h7-9,11,13H,5-6,10H2,1-4H3,(H,19,20). The number of hydrogen-bond acceptors (Lipinski definition) is 2. The van der Waals surface area contributed by atoms with Crippen molar-refractivity contribution in [3.8, 4) is 0 Å². The second-order valence-corrected chi connectivity index (χ2v) is 5.92. The van der Waals surface area contributed by atoms with Gasteiger partial charge in [0.25, 0.3) is 0 Å². The van der Waals surface area contributed by atoms with Crippen molar-refractivity contribution < 1.29 is 9.90 Å². The van der Waals surface area contributed by atoms with Gasteiger partial charge in [-0.3, -0.25) is 0 Å². The summed E-state index contributed by atoms with van der Waals surface area (Å²) in [5, 5.41) is 9.87. The second kappa shape index (κ2) is 7.53. The highest BCUT2D eigenvalue weighted by molar-refractivity contribution is 6.31. The van der Waals surface area contributed by atoms with Crippen molar-refractivity contribution >= 4 is 23.3 Å². The molecular formula is C16H24ClNO2. The first-order valence-corrected chi connectivity index (χ1v) is 7.57. The molecule has 0 heterocycles. The van der Waals surface area contributed by atoms with E-state index in [1.54, 1.807) is 6.07 Å². The number of carboxylic acids is 1. The van der Waals surface area contributed by atoms with Crippen LogP contribution >= 0.6 is 11.6 Å². The van der Waals surface area contributed by atoms with Crippen molar-refractivity contribution in [3.05, 3.63) is 28.8 Å². The van der Waals surface area contributed by atoms with Gasteiger partial charge in [-0.15, -0.1) is 0 Å². The van der Waals surface area contributed by atoms with Gasteiger partial charge in [-0.25, -0.2) is 4.79 Å². The van der Waals surface area contributed by atoms with Gasteiger partial charge in [-0.2, -0.15) is 0 Å². The van der Waals surface area contributed by atoms with Crippen molar-refractivity contribution in [1.29, 1.82) is 0 Å². The molecule has 0 bridgehead atoms. The molecule has 0 atom stereocenters. The lowest BCUT2D eigenvalue weighted by molar-refractivity contribution is 0.0697. The van der Waals surface area contributed by atoms with E-state index in [2.05, 4.69) is 32.6 Å². The van der Waals surface area contributed by atoms with Crippen molar-refractivity contribution in [2.45, 2.75) is 46.6 Å². The summed E-state index contributed by atoms with van der Waals surface area (Å²) in [7, 11) is 0. The van der Waals surface area contributed by atoms with Gasteiger partial charge in [-0.05, 0) is 37.0 Å². The number of benzene rings is 1. The number of carboxylic acid groups (broad SMARTS) is 1. The third kappa shape index (κ3) is 4.14. The summed E-state index contributed by atoms with van der Waals surface area (Å²) >= 11 is 5.94. The molecule has 0 saturated carbocycles. The van der Waals surface area contributed by atoms with Crippen LogP contribution in [-0.2, 0) is 0 Å². The molecule has 112 valence electrons. The Labute approximate surface area is 126 Å². The Kier molecular flexibility index (Phi) is 6.34. The molecule has 0 aliphatic rings. The van der Waals surface area contributed by atoms with E-state index in [0.717, 1.165) is 25.1 Å². The van der Waals surface area contributed by atoms with E-state index in [1.807, 2.05) is 6.07 Å². The lowest BCUT2D eigenvalue weighted by Crippen LogP contribution is -2.38. The molecule has 0 fully saturated rings. The predicted octanol–water partition coefficient (Wildman–Crippen LogP) is 4.69. The van der Waals surface area contributed by atoms with Crippen LogP contribution in [0.1, 0.15) is 50.9 Å². The largest absolute Gasteiger partial charge is 0.478 e. The number of anilines is 1. The molecule has 3 nitrogen and oxygen atoms in total. The monoisotopic (exact) mass is 297 g/mol. The van der Waals surface area contributed by atoms with E-state index >= 15 is 0 Å². The minimum atomic E-state index is -0.929. The van der Waals surface area contributed by atoms with Gasteiger partial charge < -0.3 is 10.0 Å². The van der Waals surface area contributed by atoms with Gasteiger partial charge >= 0.3 is 5.97 Å². The molecule has 20 heavy (non-hydrogen) atoms. The number of rotatable bonds is 7. The third-order valence-electron chi connectivity index (χ3n) is 3.44. The fourth-order valence-corrected chi connectivity index (χ4v) is 2.67. The van der Waals surface area contributed by atoms with Crippen LogP contribution < -0.4 is 4.90 Å². The summed E-state index contributed by atoms with van der Waals surface area (Å²) < 4.78 is 0. The maximum atomic E-state index is 11.5. The highest BCUT2D eigenvalue weighted by atomic mass is 35.5. The quantitative estimate of drug-likeness (QED) is 0.794. The first kappa shape index (κ1) is 16.8. The Hall–Kier alpha value is -1.22. The van der Waals surface area contributed by atoms with Crippen LogP contribution in [0.2, 0.25) is 5.02 Å². The number of carbonyl (C=O) groups is 1. The van der Waals surface area contributed by atoms with Crippen LogP contribution in [0, 0.1) is 5.92 Å². The number of nitrogens with zero attached hydrogens (tertiary/aromatic N) is 1.